The van der Waals surface area contributed by atoms with E-state index in [9.17, 15) is 4.39 Å². The summed E-state index contributed by atoms with van der Waals surface area (Å²) < 4.78 is 13.2. The molecule has 2 rings (SSSR count). The van der Waals surface area contributed by atoms with Gasteiger partial charge in [-0.15, -0.1) is 0 Å². The van der Waals surface area contributed by atoms with E-state index in [1.807, 2.05) is 13.0 Å². The van der Waals surface area contributed by atoms with Gasteiger partial charge in [-0.3, -0.25) is 4.98 Å². The van der Waals surface area contributed by atoms with E-state index in [2.05, 4.69) is 4.98 Å². The fourth-order valence-corrected chi connectivity index (χ4v) is 1.56. The fraction of sp³-hybridized carbons (Fsp3) is 0.0833. The van der Waals surface area contributed by atoms with Crippen LogP contribution < -0.4 is 5.73 Å². The maximum Gasteiger partial charge on any atom is 0.124 e. The first-order chi connectivity index (χ1) is 7.16. The Labute approximate surface area is 87.6 Å². The van der Waals surface area contributed by atoms with Gasteiger partial charge in [-0.25, -0.2) is 4.39 Å². The molecule has 2 N–H and O–H groups in total. The van der Waals surface area contributed by atoms with E-state index in [0.29, 0.717) is 5.69 Å². The van der Waals surface area contributed by atoms with E-state index in [4.69, 9.17) is 5.73 Å². The van der Waals surface area contributed by atoms with Crippen LogP contribution in [-0.4, -0.2) is 4.98 Å². The lowest BCUT2D eigenvalue weighted by Gasteiger charge is -2.06. The first-order valence-electron chi connectivity index (χ1n) is 4.64. The fourth-order valence-electron chi connectivity index (χ4n) is 1.56. The molecule has 0 aliphatic heterocycles. The summed E-state index contributed by atoms with van der Waals surface area (Å²) in [6, 6.07) is 6.64. The van der Waals surface area contributed by atoms with Crippen LogP contribution >= 0.6 is 0 Å². The van der Waals surface area contributed by atoms with E-state index in [1.54, 1.807) is 18.5 Å². The molecule has 0 saturated heterocycles. The summed E-state index contributed by atoms with van der Waals surface area (Å²) in [5, 5.41) is 0. The monoisotopic (exact) mass is 202 g/mol. The van der Waals surface area contributed by atoms with Crippen molar-refractivity contribution >= 4 is 5.69 Å². The van der Waals surface area contributed by atoms with Crippen LogP contribution in [0.1, 0.15) is 5.56 Å². The molecule has 0 fully saturated rings. The predicted octanol–water partition coefficient (Wildman–Crippen LogP) is 2.78. The van der Waals surface area contributed by atoms with Crippen LogP contribution in [0.15, 0.2) is 36.7 Å². The zero-order chi connectivity index (χ0) is 10.8. The number of anilines is 1. The lowest BCUT2D eigenvalue weighted by molar-refractivity contribution is 0.627. The van der Waals surface area contributed by atoms with Gasteiger partial charge in [0.15, 0.2) is 0 Å². The number of hydrogen-bond acceptors (Lipinski definition) is 2. The molecule has 0 radical (unpaired) electrons. The lowest BCUT2D eigenvalue weighted by Crippen LogP contribution is -1.91. The van der Waals surface area contributed by atoms with Crippen molar-refractivity contribution in [3.8, 4) is 11.1 Å². The molecule has 3 heteroatoms. The van der Waals surface area contributed by atoms with Crippen LogP contribution in [0.4, 0.5) is 10.1 Å². The normalized spacial score (nSPS) is 10.3. The molecule has 2 aromatic rings. The Morgan fingerprint density at radius 3 is 2.73 bits per heavy atom. The Kier molecular flexibility index (Phi) is 2.37. The largest absolute Gasteiger partial charge is 0.397 e. The van der Waals surface area contributed by atoms with Crippen molar-refractivity contribution < 1.29 is 4.39 Å². The van der Waals surface area contributed by atoms with Crippen molar-refractivity contribution in [2.24, 2.45) is 0 Å². The number of pyridine rings is 1. The van der Waals surface area contributed by atoms with Gasteiger partial charge < -0.3 is 5.73 Å². The summed E-state index contributed by atoms with van der Waals surface area (Å²) in [5.74, 6) is -0.249. The van der Waals surface area contributed by atoms with Gasteiger partial charge in [-0.05, 0) is 36.2 Å². The van der Waals surface area contributed by atoms with Gasteiger partial charge in [-0.2, -0.15) is 0 Å². The number of benzene rings is 1. The standard InChI is InChI=1S/C12H11FN2/c1-8-4-9(6-10(13)5-8)11-2-3-15-7-12(11)14/h2-7H,14H2,1H3. The second-order valence-electron chi connectivity index (χ2n) is 3.48. The summed E-state index contributed by atoms with van der Waals surface area (Å²) in [7, 11) is 0. The van der Waals surface area contributed by atoms with E-state index in [-0.39, 0.29) is 5.82 Å². The molecule has 2 nitrogen and oxygen atoms in total. The van der Waals surface area contributed by atoms with E-state index in [1.165, 1.54) is 12.1 Å². The molecule has 0 spiro atoms. The third-order valence-corrected chi connectivity index (χ3v) is 2.21. The molecule has 1 heterocycles. The minimum Gasteiger partial charge on any atom is -0.397 e. The molecule has 0 amide bonds. The average Bonchev–Trinajstić information content (AvgIpc) is 2.16. The number of nitrogens with zero attached hydrogens (tertiary/aromatic N) is 1. The van der Waals surface area contributed by atoms with Gasteiger partial charge in [0.1, 0.15) is 5.82 Å². The third-order valence-electron chi connectivity index (χ3n) is 2.21. The van der Waals surface area contributed by atoms with Crippen molar-refractivity contribution in [3.63, 3.8) is 0 Å². The minimum absolute atomic E-state index is 0.249. The van der Waals surface area contributed by atoms with Crippen molar-refractivity contribution in [1.29, 1.82) is 0 Å². The number of aryl methyl sites for hydroxylation is 1. The molecule has 0 saturated carbocycles. The molecule has 0 aliphatic rings. The second-order valence-corrected chi connectivity index (χ2v) is 3.48. The number of aromatic nitrogens is 1. The van der Waals surface area contributed by atoms with Crippen molar-refractivity contribution in [3.05, 3.63) is 48.0 Å². The summed E-state index contributed by atoms with van der Waals surface area (Å²) in [4.78, 5) is 3.90. The highest BCUT2D eigenvalue weighted by Gasteiger charge is 2.04. The highest BCUT2D eigenvalue weighted by atomic mass is 19.1. The number of nitrogen functional groups attached to an aromatic ring is 1. The maximum absolute atomic E-state index is 13.2. The van der Waals surface area contributed by atoms with Gasteiger partial charge in [0, 0.05) is 11.8 Å². The molecule has 1 aromatic carbocycles. The summed E-state index contributed by atoms with van der Waals surface area (Å²) in [5.41, 5.74) is 8.80. The molecular formula is C12H11FN2. The Morgan fingerprint density at radius 1 is 1.27 bits per heavy atom. The summed E-state index contributed by atoms with van der Waals surface area (Å²) in [6.07, 6.45) is 3.21. The van der Waals surface area contributed by atoms with Gasteiger partial charge in [-0.1, -0.05) is 6.07 Å². The van der Waals surface area contributed by atoms with Crippen LogP contribution in [0.3, 0.4) is 0 Å². The first-order valence-corrected chi connectivity index (χ1v) is 4.64. The quantitative estimate of drug-likeness (QED) is 0.772. The van der Waals surface area contributed by atoms with Crippen LogP contribution in [0.5, 0.6) is 0 Å². The molecule has 0 aliphatic carbocycles. The molecule has 0 unspecified atom stereocenters. The number of rotatable bonds is 1. The predicted molar refractivity (Wildman–Crippen MR) is 58.8 cm³/mol. The van der Waals surface area contributed by atoms with E-state index < -0.39 is 0 Å². The molecule has 76 valence electrons. The highest BCUT2D eigenvalue weighted by molar-refractivity contribution is 5.75. The van der Waals surface area contributed by atoms with Crippen molar-refractivity contribution in [1.82, 2.24) is 4.98 Å². The lowest BCUT2D eigenvalue weighted by atomic mass is 10.0. The average molecular weight is 202 g/mol. The number of halogens is 1. The zero-order valence-corrected chi connectivity index (χ0v) is 8.37. The topological polar surface area (TPSA) is 38.9 Å². The van der Waals surface area contributed by atoms with E-state index in [0.717, 1.165) is 16.7 Å². The SMILES string of the molecule is Cc1cc(F)cc(-c2ccncc2N)c1. The van der Waals surface area contributed by atoms with Gasteiger partial charge in [0.2, 0.25) is 0 Å². The van der Waals surface area contributed by atoms with E-state index >= 15 is 0 Å². The second kappa shape index (κ2) is 3.69. The van der Waals surface area contributed by atoms with Gasteiger partial charge >= 0.3 is 0 Å². The summed E-state index contributed by atoms with van der Waals surface area (Å²) >= 11 is 0. The van der Waals surface area contributed by atoms with Crippen LogP contribution in [0, 0.1) is 12.7 Å². The maximum atomic E-state index is 13.2. The Bertz CT molecular complexity index is 474. The molecule has 1 aromatic heterocycles. The van der Waals surface area contributed by atoms with Crippen LogP contribution in [0.25, 0.3) is 11.1 Å². The molecule has 0 bridgehead atoms. The zero-order valence-electron chi connectivity index (χ0n) is 8.37. The Morgan fingerprint density at radius 2 is 2.07 bits per heavy atom. The molecule has 15 heavy (non-hydrogen) atoms. The minimum atomic E-state index is -0.249. The highest BCUT2D eigenvalue weighted by Crippen LogP contribution is 2.26. The van der Waals surface area contributed by atoms with Crippen LogP contribution in [0.2, 0.25) is 0 Å². The van der Waals surface area contributed by atoms with Gasteiger partial charge in [0.25, 0.3) is 0 Å². The Hall–Kier alpha value is -1.90. The van der Waals surface area contributed by atoms with Crippen molar-refractivity contribution in [2.45, 2.75) is 6.92 Å². The van der Waals surface area contributed by atoms with Crippen LogP contribution in [-0.2, 0) is 0 Å². The van der Waals surface area contributed by atoms with Gasteiger partial charge in [0.05, 0.1) is 11.9 Å². The summed E-state index contributed by atoms with van der Waals surface area (Å²) in [6.45, 7) is 1.85. The Balaban J connectivity index is 2.59. The molecular weight excluding hydrogens is 191 g/mol. The molecule has 0 atom stereocenters. The first kappa shape index (κ1) is 9.65. The number of hydrogen-bond donors (Lipinski definition) is 1. The number of nitrogens with two attached hydrogens (primary N) is 1. The third kappa shape index (κ3) is 1.96. The van der Waals surface area contributed by atoms with Crippen molar-refractivity contribution in [2.75, 3.05) is 5.73 Å². The smallest absolute Gasteiger partial charge is 0.124 e.